The number of esters is 1. The van der Waals surface area contributed by atoms with Gasteiger partial charge in [0.15, 0.2) is 15.1 Å². The summed E-state index contributed by atoms with van der Waals surface area (Å²) < 4.78 is 31.1. The summed E-state index contributed by atoms with van der Waals surface area (Å²) in [4.78, 5) is 26.4. The molecular formula is C17H14N2O6S2. The molecule has 10 heteroatoms. The number of aromatic nitrogens is 1. The van der Waals surface area contributed by atoms with E-state index < -0.39 is 26.0 Å². The van der Waals surface area contributed by atoms with Gasteiger partial charge in [-0.2, -0.15) is 0 Å². The summed E-state index contributed by atoms with van der Waals surface area (Å²) in [6.07, 6.45) is 0. The number of nitro groups is 1. The van der Waals surface area contributed by atoms with Crippen LogP contribution in [-0.2, 0) is 26.0 Å². The van der Waals surface area contributed by atoms with Gasteiger partial charge in [0, 0.05) is 12.1 Å². The molecule has 27 heavy (non-hydrogen) atoms. The van der Waals surface area contributed by atoms with E-state index in [1.807, 2.05) is 24.3 Å². The summed E-state index contributed by atoms with van der Waals surface area (Å²) in [5.41, 5.74) is 0.542. The van der Waals surface area contributed by atoms with Crippen LogP contribution in [0.2, 0.25) is 0 Å². The lowest BCUT2D eigenvalue weighted by Gasteiger charge is -2.12. The van der Waals surface area contributed by atoms with E-state index in [1.54, 1.807) is 0 Å². The number of thiazole rings is 1. The highest BCUT2D eigenvalue weighted by atomic mass is 32.2. The van der Waals surface area contributed by atoms with E-state index in [4.69, 9.17) is 4.74 Å². The predicted octanol–water partition coefficient (Wildman–Crippen LogP) is 3.11. The monoisotopic (exact) mass is 406 g/mol. The molecule has 0 aliphatic heterocycles. The molecular weight excluding hydrogens is 392 g/mol. The van der Waals surface area contributed by atoms with Crippen LogP contribution in [0.1, 0.15) is 11.9 Å². The minimum absolute atomic E-state index is 0.127. The van der Waals surface area contributed by atoms with Gasteiger partial charge >= 0.3 is 5.97 Å². The second-order valence-corrected chi connectivity index (χ2v) is 9.01. The zero-order valence-corrected chi connectivity index (χ0v) is 15.7. The van der Waals surface area contributed by atoms with E-state index in [1.165, 1.54) is 18.3 Å². The van der Waals surface area contributed by atoms with Crippen LogP contribution < -0.4 is 0 Å². The van der Waals surface area contributed by atoms with Gasteiger partial charge in [0.05, 0.1) is 20.0 Å². The van der Waals surface area contributed by atoms with E-state index in [9.17, 15) is 23.3 Å². The van der Waals surface area contributed by atoms with Crippen LogP contribution in [0, 0.1) is 10.1 Å². The van der Waals surface area contributed by atoms with Crippen molar-refractivity contribution in [2.75, 3.05) is 0 Å². The molecule has 1 aromatic heterocycles. The number of rotatable bonds is 6. The Kier molecular flexibility index (Phi) is 5.19. The molecule has 0 fully saturated rings. The third-order valence-corrected chi connectivity index (χ3v) is 6.91. The number of nitro benzene ring substituents is 1. The minimum Gasteiger partial charge on any atom is -0.457 e. The lowest BCUT2D eigenvalue weighted by atomic mass is 10.3. The number of carbonyl (C=O) groups excluding carboxylic acids is 1. The number of hydrogen-bond donors (Lipinski definition) is 0. The van der Waals surface area contributed by atoms with Crippen molar-refractivity contribution in [2.45, 2.75) is 23.7 Å². The third kappa shape index (κ3) is 3.96. The molecule has 140 valence electrons. The Morgan fingerprint density at radius 1 is 1.22 bits per heavy atom. The van der Waals surface area contributed by atoms with E-state index in [0.717, 1.165) is 34.5 Å². The summed E-state index contributed by atoms with van der Waals surface area (Å²) in [6, 6.07) is 11.8. The van der Waals surface area contributed by atoms with Crippen LogP contribution in [0.15, 0.2) is 53.4 Å². The third-order valence-electron chi connectivity index (χ3n) is 3.85. The fourth-order valence-corrected chi connectivity index (χ4v) is 4.45. The Morgan fingerprint density at radius 2 is 1.89 bits per heavy atom. The number of sulfone groups is 1. The topological polar surface area (TPSA) is 116 Å². The molecule has 3 rings (SSSR count). The Hall–Kier alpha value is -2.85. The number of hydrogen-bond acceptors (Lipinski definition) is 8. The van der Waals surface area contributed by atoms with E-state index in [0.29, 0.717) is 5.01 Å². The smallest absolute Gasteiger partial charge is 0.324 e. The molecule has 0 N–H and O–H groups in total. The van der Waals surface area contributed by atoms with Gasteiger partial charge in [0.25, 0.3) is 5.69 Å². The molecule has 0 aliphatic rings. The fraction of sp³-hybridized carbons (Fsp3) is 0.176. The molecule has 0 aliphatic carbocycles. The highest BCUT2D eigenvalue weighted by molar-refractivity contribution is 7.92. The van der Waals surface area contributed by atoms with Gasteiger partial charge in [-0.05, 0) is 31.2 Å². The molecule has 0 bridgehead atoms. The largest absolute Gasteiger partial charge is 0.457 e. The van der Waals surface area contributed by atoms with Gasteiger partial charge in [-0.15, -0.1) is 11.3 Å². The molecule has 1 heterocycles. The van der Waals surface area contributed by atoms with Gasteiger partial charge in [-0.3, -0.25) is 14.9 Å². The first-order valence-electron chi connectivity index (χ1n) is 7.78. The van der Waals surface area contributed by atoms with Gasteiger partial charge in [0.1, 0.15) is 11.6 Å². The number of ether oxygens (including phenoxy) is 1. The van der Waals surface area contributed by atoms with Crippen LogP contribution in [-0.4, -0.2) is 29.5 Å². The number of benzene rings is 2. The van der Waals surface area contributed by atoms with Gasteiger partial charge in [-0.1, -0.05) is 12.1 Å². The molecule has 8 nitrogen and oxygen atoms in total. The lowest BCUT2D eigenvalue weighted by Crippen LogP contribution is -2.29. The van der Waals surface area contributed by atoms with Crippen molar-refractivity contribution in [3.05, 3.63) is 63.7 Å². The predicted molar refractivity (Wildman–Crippen MR) is 99.2 cm³/mol. The Morgan fingerprint density at radius 3 is 2.52 bits per heavy atom. The zero-order chi connectivity index (χ0) is 19.6. The molecule has 0 saturated heterocycles. The zero-order valence-electron chi connectivity index (χ0n) is 14.1. The van der Waals surface area contributed by atoms with Crippen molar-refractivity contribution in [3.8, 4) is 0 Å². The molecule has 0 spiro atoms. The molecule has 2 aromatic carbocycles. The Bertz CT molecular complexity index is 1070. The molecule has 3 aromatic rings. The molecule has 1 atom stereocenters. The summed E-state index contributed by atoms with van der Waals surface area (Å²) >= 11 is 1.36. The van der Waals surface area contributed by atoms with Crippen molar-refractivity contribution < 1.29 is 22.9 Å². The van der Waals surface area contributed by atoms with Gasteiger partial charge in [0.2, 0.25) is 0 Å². The first-order chi connectivity index (χ1) is 12.8. The second-order valence-electron chi connectivity index (χ2n) is 5.62. The standard InChI is InChI=1S/C17H14N2O6S2/c1-11(27(23,24)13-8-6-12(7-9-13)19(21)22)17(20)25-10-16-18-14-4-2-3-5-15(14)26-16/h2-9,11H,10H2,1H3/t11-/m1/s1. The fourth-order valence-electron chi connectivity index (χ4n) is 2.32. The van der Waals surface area contributed by atoms with Crippen molar-refractivity contribution >= 4 is 43.0 Å². The Balaban J connectivity index is 1.70. The minimum atomic E-state index is -4.02. The summed E-state index contributed by atoms with van der Waals surface area (Å²) in [5, 5.41) is 9.77. The molecule has 0 unspecified atom stereocenters. The van der Waals surface area contributed by atoms with Crippen LogP contribution in [0.5, 0.6) is 0 Å². The van der Waals surface area contributed by atoms with Crippen LogP contribution in [0.4, 0.5) is 5.69 Å². The SMILES string of the molecule is C[C@H](C(=O)OCc1nc2ccccc2s1)S(=O)(=O)c1ccc([N+](=O)[O-])cc1. The highest BCUT2D eigenvalue weighted by Gasteiger charge is 2.31. The second kappa shape index (κ2) is 7.41. The van der Waals surface area contributed by atoms with Gasteiger partial charge < -0.3 is 4.74 Å². The number of fused-ring (bicyclic) bond motifs is 1. The average molecular weight is 406 g/mol. The lowest BCUT2D eigenvalue weighted by molar-refractivity contribution is -0.384. The van der Waals surface area contributed by atoms with Crippen LogP contribution >= 0.6 is 11.3 Å². The highest BCUT2D eigenvalue weighted by Crippen LogP contribution is 2.23. The molecule has 0 amide bonds. The van der Waals surface area contributed by atoms with Crippen LogP contribution in [0.3, 0.4) is 0 Å². The molecule has 0 radical (unpaired) electrons. The first-order valence-corrected chi connectivity index (χ1v) is 10.1. The maximum Gasteiger partial charge on any atom is 0.324 e. The number of carbonyl (C=O) groups is 1. The number of nitrogens with zero attached hydrogens (tertiary/aromatic N) is 2. The molecule has 0 saturated carbocycles. The summed E-state index contributed by atoms with van der Waals surface area (Å²) in [7, 11) is -4.02. The van der Waals surface area contributed by atoms with Crippen molar-refractivity contribution in [3.63, 3.8) is 0 Å². The first kappa shape index (κ1) is 18.9. The summed E-state index contributed by atoms with van der Waals surface area (Å²) in [5.74, 6) is -0.910. The van der Waals surface area contributed by atoms with Crippen molar-refractivity contribution in [2.24, 2.45) is 0 Å². The average Bonchev–Trinajstić information content (AvgIpc) is 3.08. The van der Waals surface area contributed by atoms with Crippen molar-refractivity contribution in [1.29, 1.82) is 0 Å². The normalized spacial score (nSPS) is 12.6. The van der Waals surface area contributed by atoms with Crippen molar-refractivity contribution in [1.82, 2.24) is 4.98 Å². The van der Waals surface area contributed by atoms with Gasteiger partial charge in [-0.25, -0.2) is 13.4 Å². The van der Waals surface area contributed by atoms with E-state index >= 15 is 0 Å². The van der Waals surface area contributed by atoms with E-state index in [-0.39, 0.29) is 17.2 Å². The number of non-ortho nitro benzene ring substituents is 1. The maximum absolute atomic E-state index is 12.5. The number of para-hydroxylation sites is 1. The Labute approximate surface area is 158 Å². The maximum atomic E-state index is 12.5. The van der Waals surface area contributed by atoms with Crippen LogP contribution in [0.25, 0.3) is 10.2 Å². The van der Waals surface area contributed by atoms with E-state index in [2.05, 4.69) is 4.98 Å². The quantitative estimate of drug-likeness (QED) is 0.351. The summed E-state index contributed by atoms with van der Waals surface area (Å²) in [6.45, 7) is 1.09.